The number of halogens is 1. The second-order valence-electron chi connectivity index (χ2n) is 6.25. The molecule has 0 atom stereocenters. The SMILES string of the molecule is Cl.NCc1ccc(C(=O)Nc2ccc(OCC3CCOCC3)cc2)cc1. The Morgan fingerprint density at radius 3 is 2.35 bits per heavy atom. The van der Waals surface area contributed by atoms with Crippen LogP contribution < -0.4 is 15.8 Å². The van der Waals surface area contributed by atoms with Crippen LogP contribution in [0.2, 0.25) is 0 Å². The third kappa shape index (κ3) is 5.73. The first kappa shape index (κ1) is 20.2. The maximum Gasteiger partial charge on any atom is 0.255 e. The number of hydrogen-bond acceptors (Lipinski definition) is 4. The highest BCUT2D eigenvalue weighted by atomic mass is 35.5. The molecule has 1 aliphatic heterocycles. The van der Waals surface area contributed by atoms with Crippen LogP contribution >= 0.6 is 12.4 Å². The zero-order valence-electron chi connectivity index (χ0n) is 14.6. The number of benzene rings is 2. The van der Waals surface area contributed by atoms with Crippen LogP contribution in [0.15, 0.2) is 48.5 Å². The van der Waals surface area contributed by atoms with Crippen molar-refractivity contribution in [2.24, 2.45) is 11.7 Å². The third-order valence-electron chi connectivity index (χ3n) is 4.39. The first-order chi connectivity index (χ1) is 12.2. The number of amides is 1. The molecule has 3 rings (SSSR count). The minimum absolute atomic E-state index is 0. The number of anilines is 1. The lowest BCUT2D eigenvalue weighted by atomic mass is 10.0. The van der Waals surface area contributed by atoms with Gasteiger partial charge in [0.15, 0.2) is 0 Å². The standard InChI is InChI=1S/C20H24N2O3.ClH/c21-13-15-1-3-17(4-2-15)20(23)22-18-5-7-19(8-6-18)25-14-16-9-11-24-12-10-16;/h1-8,16H,9-14,21H2,(H,22,23);1H. The van der Waals surface area contributed by atoms with E-state index in [4.69, 9.17) is 15.2 Å². The Morgan fingerprint density at radius 1 is 1.08 bits per heavy atom. The molecular weight excluding hydrogens is 352 g/mol. The van der Waals surface area contributed by atoms with Gasteiger partial charge in [-0.1, -0.05) is 12.1 Å². The molecule has 0 radical (unpaired) electrons. The smallest absolute Gasteiger partial charge is 0.255 e. The number of nitrogens with one attached hydrogen (secondary N) is 1. The van der Waals surface area contributed by atoms with E-state index < -0.39 is 0 Å². The lowest BCUT2D eigenvalue weighted by molar-refractivity contribution is 0.0497. The van der Waals surface area contributed by atoms with Crippen LogP contribution in [0.25, 0.3) is 0 Å². The Kier molecular flexibility index (Phi) is 7.91. The molecule has 26 heavy (non-hydrogen) atoms. The van der Waals surface area contributed by atoms with Crippen molar-refractivity contribution in [2.75, 3.05) is 25.1 Å². The average Bonchev–Trinajstić information content (AvgIpc) is 2.68. The summed E-state index contributed by atoms with van der Waals surface area (Å²) in [6.07, 6.45) is 2.11. The quantitative estimate of drug-likeness (QED) is 0.807. The van der Waals surface area contributed by atoms with Gasteiger partial charge >= 0.3 is 0 Å². The van der Waals surface area contributed by atoms with Gasteiger partial charge in [-0.25, -0.2) is 0 Å². The van der Waals surface area contributed by atoms with Gasteiger partial charge < -0.3 is 20.5 Å². The second kappa shape index (κ2) is 10.2. The number of hydrogen-bond donors (Lipinski definition) is 2. The van der Waals surface area contributed by atoms with Crippen LogP contribution in [0.4, 0.5) is 5.69 Å². The largest absolute Gasteiger partial charge is 0.493 e. The molecule has 1 saturated heterocycles. The summed E-state index contributed by atoms with van der Waals surface area (Å²) in [7, 11) is 0. The predicted molar refractivity (Wildman–Crippen MR) is 105 cm³/mol. The van der Waals surface area contributed by atoms with E-state index in [2.05, 4.69) is 5.32 Å². The highest BCUT2D eigenvalue weighted by Gasteiger charge is 2.14. The second-order valence-corrected chi connectivity index (χ2v) is 6.25. The monoisotopic (exact) mass is 376 g/mol. The number of nitrogens with two attached hydrogens (primary N) is 1. The molecule has 3 N–H and O–H groups in total. The van der Waals surface area contributed by atoms with Gasteiger partial charge in [0.25, 0.3) is 5.91 Å². The van der Waals surface area contributed by atoms with Crippen LogP contribution in [-0.2, 0) is 11.3 Å². The van der Waals surface area contributed by atoms with E-state index in [0.29, 0.717) is 24.6 Å². The molecule has 2 aromatic carbocycles. The molecule has 0 unspecified atom stereocenters. The van der Waals surface area contributed by atoms with Crippen molar-refractivity contribution in [1.82, 2.24) is 0 Å². The van der Waals surface area contributed by atoms with Crippen molar-refractivity contribution in [2.45, 2.75) is 19.4 Å². The molecule has 1 amide bonds. The molecule has 0 aromatic heterocycles. The normalized spacial score (nSPS) is 14.3. The van der Waals surface area contributed by atoms with Gasteiger partial charge in [-0.3, -0.25) is 4.79 Å². The van der Waals surface area contributed by atoms with Crippen molar-refractivity contribution in [3.8, 4) is 5.75 Å². The third-order valence-corrected chi connectivity index (χ3v) is 4.39. The molecule has 1 heterocycles. The Morgan fingerprint density at radius 2 is 1.73 bits per heavy atom. The molecule has 0 saturated carbocycles. The minimum atomic E-state index is -0.139. The summed E-state index contributed by atoms with van der Waals surface area (Å²) in [6, 6.07) is 14.8. The number of carbonyl (C=O) groups excluding carboxylic acids is 1. The van der Waals surface area contributed by atoms with Crippen LogP contribution in [-0.4, -0.2) is 25.7 Å². The molecule has 5 nitrogen and oxygen atoms in total. The van der Waals surface area contributed by atoms with Crippen molar-refractivity contribution in [3.05, 3.63) is 59.7 Å². The lowest BCUT2D eigenvalue weighted by Crippen LogP contribution is -2.21. The van der Waals surface area contributed by atoms with Crippen LogP contribution in [0, 0.1) is 5.92 Å². The summed E-state index contributed by atoms with van der Waals surface area (Å²) in [5.41, 5.74) is 7.92. The van der Waals surface area contributed by atoms with E-state index in [9.17, 15) is 4.79 Å². The van der Waals surface area contributed by atoms with E-state index in [1.807, 2.05) is 36.4 Å². The van der Waals surface area contributed by atoms with Crippen molar-refractivity contribution in [3.63, 3.8) is 0 Å². The molecule has 1 aliphatic rings. The molecule has 1 fully saturated rings. The summed E-state index contributed by atoms with van der Waals surface area (Å²) in [5, 5.41) is 2.89. The van der Waals surface area contributed by atoms with Crippen molar-refractivity contribution in [1.29, 1.82) is 0 Å². The van der Waals surface area contributed by atoms with E-state index in [0.717, 1.165) is 43.1 Å². The average molecular weight is 377 g/mol. The summed E-state index contributed by atoms with van der Waals surface area (Å²) in [5.74, 6) is 1.24. The van der Waals surface area contributed by atoms with Crippen molar-refractivity contribution < 1.29 is 14.3 Å². The van der Waals surface area contributed by atoms with E-state index >= 15 is 0 Å². The zero-order chi connectivity index (χ0) is 17.5. The Bertz CT molecular complexity index is 683. The number of carbonyl (C=O) groups is 1. The highest BCUT2D eigenvalue weighted by Crippen LogP contribution is 2.20. The van der Waals surface area contributed by atoms with Crippen molar-refractivity contribution >= 4 is 24.0 Å². The van der Waals surface area contributed by atoms with E-state index in [-0.39, 0.29) is 18.3 Å². The molecule has 0 aliphatic carbocycles. The first-order valence-electron chi connectivity index (χ1n) is 8.65. The molecule has 140 valence electrons. The van der Waals surface area contributed by atoms with Gasteiger partial charge in [0, 0.05) is 31.0 Å². The fourth-order valence-corrected chi connectivity index (χ4v) is 2.76. The topological polar surface area (TPSA) is 73.6 Å². The van der Waals surface area contributed by atoms with Gasteiger partial charge in [0.2, 0.25) is 0 Å². The maximum absolute atomic E-state index is 12.2. The predicted octanol–water partition coefficient (Wildman–Crippen LogP) is 3.62. The summed E-state index contributed by atoms with van der Waals surface area (Å²) >= 11 is 0. The minimum Gasteiger partial charge on any atom is -0.493 e. The Hall–Kier alpha value is -2.08. The molecular formula is C20H25ClN2O3. The summed E-state index contributed by atoms with van der Waals surface area (Å²) in [4.78, 5) is 12.2. The van der Waals surface area contributed by atoms with Gasteiger partial charge in [-0.15, -0.1) is 12.4 Å². The van der Waals surface area contributed by atoms with Crippen LogP contribution in [0.1, 0.15) is 28.8 Å². The Labute approximate surface area is 160 Å². The van der Waals surface area contributed by atoms with Gasteiger partial charge in [0.05, 0.1) is 6.61 Å². The fourth-order valence-electron chi connectivity index (χ4n) is 2.76. The Balaban J connectivity index is 0.00000243. The molecule has 6 heteroatoms. The van der Waals surface area contributed by atoms with Gasteiger partial charge in [-0.2, -0.15) is 0 Å². The number of ether oxygens (including phenoxy) is 2. The summed E-state index contributed by atoms with van der Waals surface area (Å²) < 4.78 is 11.2. The van der Waals surface area contributed by atoms with Crippen LogP contribution in [0.3, 0.4) is 0 Å². The van der Waals surface area contributed by atoms with Gasteiger partial charge in [0.1, 0.15) is 5.75 Å². The van der Waals surface area contributed by atoms with Gasteiger partial charge in [-0.05, 0) is 60.7 Å². The fraction of sp³-hybridized carbons (Fsp3) is 0.350. The highest BCUT2D eigenvalue weighted by molar-refractivity contribution is 6.04. The molecule has 0 bridgehead atoms. The zero-order valence-corrected chi connectivity index (χ0v) is 15.5. The maximum atomic E-state index is 12.2. The first-order valence-corrected chi connectivity index (χ1v) is 8.65. The molecule has 0 spiro atoms. The van der Waals surface area contributed by atoms with E-state index in [1.165, 1.54) is 0 Å². The molecule has 2 aromatic rings. The number of rotatable bonds is 6. The lowest BCUT2D eigenvalue weighted by Gasteiger charge is -2.22. The summed E-state index contributed by atoms with van der Waals surface area (Å²) in [6.45, 7) is 2.83. The van der Waals surface area contributed by atoms with E-state index in [1.54, 1.807) is 12.1 Å². The van der Waals surface area contributed by atoms with Crippen LogP contribution in [0.5, 0.6) is 5.75 Å².